The molecule has 1 aromatic rings. The Balaban J connectivity index is 3.11. The Bertz CT molecular complexity index is 303. The first-order valence-electron chi connectivity index (χ1n) is 4.43. The van der Waals surface area contributed by atoms with Crippen molar-refractivity contribution >= 4 is 0 Å². The molecule has 1 atom stereocenters. The van der Waals surface area contributed by atoms with Gasteiger partial charge in [0.25, 0.3) is 0 Å². The first kappa shape index (κ1) is 10.9. The van der Waals surface area contributed by atoms with Gasteiger partial charge >= 0.3 is 0 Å². The highest BCUT2D eigenvalue weighted by atomic mass is 19.1. The average Bonchev–Trinajstić information content (AvgIpc) is 2.01. The molecule has 14 heavy (non-hydrogen) atoms. The monoisotopic (exact) mass is 201 g/mol. The maximum absolute atomic E-state index is 13.3. The zero-order valence-corrected chi connectivity index (χ0v) is 8.18. The molecule has 0 heterocycles. The first-order chi connectivity index (χ1) is 6.56. The second kappa shape index (κ2) is 4.37. The number of ether oxygens (including phenoxy) is 1. The van der Waals surface area contributed by atoms with Crippen LogP contribution in [0.3, 0.4) is 0 Å². The first-order valence-corrected chi connectivity index (χ1v) is 4.43. The van der Waals surface area contributed by atoms with Crippen molar-refractivity contribution in [1.82, 2.24) is 0 Å². The molecule has 0 aromatic heterocycles. The summed E-state index contributed by atoms with van der Waals surface area (Å²) in [5.41, 5.74) is 5.32. The van der Waals surface area contributed by atoms with Crippen LogP contribution in [0.4, 0.5) is 8.78 Å². The van der Waals surface area contributed by atoms with E-state index in [0.29, 0.717) is 6.61 Å². The van der Waals surface area contributed by atoms with Crippen molar-refractivity contribution < 1.29 is 13.5 Å². The van der Waals surface area contributed by atoms with E-state index in [4.69, 9.17) is 10.5 Å². The zero-order chi connectivity index (χ0) is 10.7. The van der Waals surface area contributed by atoms with Crippen LogP contribution in [0.2, 0.25) is 0 Å². The van der Waals surface area contributed by atoms with E-state index in [0.717, 1.165) is 12.1 Å². The van der Waals surface area contributed by atoms with Gasteiger partial charge < -0.3 is 10.5 Å². The molecule has 0 saturated carbocycles. The molecule has 0 amide bonds. The van der Waals surface area contributed by atoms with Crippen molar-refractivity contribution in [2.45, 2.75) is 19.9 Å². The number of hydrogen-bond acceptors (Lipinski definition) is 2. The maximum Gasteiger partial charge on any atom is 0.134 e. The van der Waals surface area contributed by atoms with Gasteiger partial charge in [0.2, 0.25) is 0 Å². The Morgan fingerprint density at radius 3 is 2.21 bits per heavy atom. The van der Waals surface area contributed by atoms with Gasteiger partial charge in [-0.1, -0.05) is 0 Å². The second-order valence-corrected chi connectivity index (χ2v) is 3.02. The van der Waals surface area contributed by atoms with Crippen molar-refractivity contribution in [3.8, 4) is 5.75 Å². The van der Waals surface area contributed by atoms with Crippen molar-refractivity contribution in [2.75, 3.05) is 6.61 Å². The van der Waals surface area contributed by atoms with Crippen LogP contribution < -0.4 is 10.5 Å². The number of benzene rings is 1. The summed E-state index contributed by atoms with van der Waals surface area (Å²) in [5.74, 6) is -1.14. The highest BCUT2D eigenvalue weighted by molar-refractivity contribution is 5.32. The number of rotatable bonds is 3. The molecule has 0 fully saturated rings. The van der Waals surface area contributed by atoms with Gasteiger partial charge in [0.1, 0.15) is 17.4 Å². The van der Waals surface area contributed by atoms with Crippen molar-refractivity contribution in [3.63, 3.8) is 0 Å². The lowest BCUT2D eigenvalue weighted by Crippen LogP contribution is -2.10. The molecular formula is C10H13F2NO. The SMILES string of the molecule is CCOc1cc(F)c(C(C)N)c(F)c1. The van der Waals surface area contributed by atoms with Crippen molar-refractivity contribution in [1.29, 1.82) is 0 Å². The van der Waals surface area contributed by atoms with Gasteiger partial charge in [0.15, 0.2) is 0 Å². The molecule has 0 radical (unpaired) electrons. The van der Waals surface area contributed by atoms with Crippen LogP contribution in [0.25, 0.3) is 0 Å². The van der Waals surface area contributed by atoms with E-state index in [1.165, 1.54) is 6.92 Å². The van der Waals surface area contributed by atoms with E-state index >= 15 is 0 Å². The number of nitrogens with two attached hydrogens (primary N) is 1. The Labute approximate surface area is 81.7 Å². The minimum Gasteiger partial charge on any atom is -0.494 e. The molecule has 4 heteroatoms. The normalized spacial score (nSPS) is 12.6. The Kier molecular flexibility index (Phi) is 3.41. The third kappa shape index (κ3) is 2.20. The molecule has 0 aliphatic carbocycles. The predicted molar refractivity (Wildman–Crippen MR) is 50.1 cm³/mol. The fourth-order valence-corrected chi connectivity index (χ4v) is 1.25. The third-order valence-electron chi connectivity index (χ3n) is 1.82. The molecule has 0 spiro atoms. The highest BCUT2D eigenvalue weighted by Crippen LogP contribution is 2.24. The molecule has 1 aromatic carbocycles. The van der Waals surface area contributed by atoms with Crippen LogP contribution in [0.15, 0.2) is 12.1 Å². The largest absolute Gasteiger partial charge is 0.494 e. The fraction of sp³-hybridized carbons (Fsp3) is 0.400. The van der Waals surface area contributed by atoms with Crippen LogP contribution in [0, 0.1) is 11.6 Å². The van der Waals surface area contributed by atoms with Gasteiger partial charge in [-0.3, -0.25) is 0 Å². The smallest absolute Gasteiger partial charge is 0.134 e. The quantitative estimate of drug-likeness (QED) is 0.814. The number of halogens is 2. The third-order valence-corrected chi connectivity index (χ3v) is 1.82. The van der Waals surface area contributed by atoms with E-state index in [2.05, 4.69) is 0 Å². The molecule has 2 nitrogen and oxygen atoms in total. The number of hydrogen-bond donors (Lipinski definition) is 1. The van der Waals surface area contributed by atoms with E-state index < -0.39 is 17.7 Å². The van der Waals surface area contributed by atoms with Gasteiger partial charge in [-0.15, -0.1) is 0 Å². The summed E-state index contributed by atoms with van der Waals surface area (Å²) in [7, 11) is 0. The standard InChI is InChI=1S/C10H13F2NO/c1-3-14-7-4-8(11)10(6(2)13)9(12)5-7/h4-6H,3,13H2,1-2H3. The van der Waals surface area contributed by atoms with Crippen LogP contribution in [0.5, 0.6) is 5.75 Å². The highest BCUT2D eigenvalue weighted by Gasteiger charge is 2.14. The summed E-state index contributed by atoms with van der Waals surface area (Å²) < 4.78 is 31.6. The Morgan fingerprint density at radius 1 is 1.36 bits per heavy atom. The molecule has 78 valence electrons. The minimum atomic E-state index is -0.663. The molecule has 0 aliphatic heterocycles. The molecular weight excluding hydrogens is 188 g/mol. The van der Waals surface area contributed by atoms with Crippen LogP contribution in [-0.2, 0) is 0 Å². The van der Waals surface area contributed by atoms with Gasteiger partial charge in [-0.05, 0) is 13.8 Å². The van der Waals surface area contributed by atoms with Crippen LogP contribution >= 0.6 is 0 Å². The molecule has 1 unspecified atom stereocenters. The van der Waals surface area contributed by atoms with E-state index in [9.17, 15) is 8.78 Å². The Hall–Kier alpha value is -1.16. The maximum atomic E-state index is 13.3. The Morgan fingerprint density at radius 2 is 1.86 bits per heavy atom. The zero-order valence-electron chi connectivity index (χ0n) is 8.18. The predicted octanol–water partition coefficient (Wildman–Crippen LogP) is 2.38. The molecule has 2 N–H and O–H groups in total. The lowest BCUT2D eigenvalue weighted by Gasteiger charge is -2.10. The van der Waals surface area contributed by atoms with E-state index in [1.54, 1.807) is 6.92 Å². The molecule has 0 bridgehead atoms. The summed E-state index contributed by atoms with van der Waals surface area (Å²) in [6.07, 6.45) is 0. The van der Waals surface area contributed by atoms with Gasteiger partial charge in [-0.2, -0.15) is 0 Å². The summed E-state index contributed by atoms with van der Waals surface area (Å²) in [5, 5.41) is 0. The van der Waals surface area contributed by atoms with Gasteiger partial charge in [0, 0.05) is 23.7 Å². The summed E-state index contributed by atoms with van der Waals surface area (Å²) >= 11 is 0. The van der Waals surface area contributed by atoms with E-state index in [1.807, 2.05) is 0 Å². The average molecular weight is 201 g/mol. The lowest BCUT2D eigenvalue weighted by molar-refractivity contribution is 0.335. The summed E-state index contributed by atoms with van der Waals surface area (Å²) in [6, 6.07) is 1.63. The second-order valence-electron chi connectivity index (χ2n) is 3.02. The lowest BCUT2D eigenvalue weighted by atomic mass is 10.1. The van der Waals surface area contributed by atoms with E-state index in [-0.39, 0.29) is 11.3 Å². The molecule has 1 rings (SSSR count). The summed E-state index contributed by atoms with van der Waals surface area (Å²) in [6.45, 7) is 3.65. The minimum absolute atomic E-state index is 0.103. The molecule has 0 aliphatic rings. The van der Waals surface area contributed by atoms with Gasteiger partial charge in [0.05, 0.1) is 6.61 Å². The van der Waals surface area contributed by atoms with Crippen molar-refractivity contribution in [2.24, 2.45) is 5.73 Å². The van der Waals surface area contributed by atoms with Gasteiger partial charge in [-0.25, -0.2) is 8.78 Å². The van der Waals surface area contributed by atoms with Crippen LogP contribution in [-0.4, -0.2) is 6.61 Å². The fourth-order valence-electron chi connectivity index (χ4n) is 1.25. The van der Waals surface area contributed by atoms with Crippen molar-refractivity contribution in [3.05, 3.63) is 29.3 Å². The molecule has 0 saturated heterocycles. The van der Waals surface area contributed by atoms with Crippen LogP contribution in [0.1, 0.15) is 25.5 Å². The summed E-state index contributed by atoms with van der Waals surface area (Å²) in [4.78, 5) is 0. The topological polar surface area (TPSA) is 35.2 Å².